The molecule has 1 fully saturated rings. The van der Waals surface area contributed by atoms with Gasteiger partial charge in [0, 0.05) is 25.0 Å². The molecule has 0 radical (unpaired) electrons. The molecule has 2 atom stereocenters. The summed E-state index contributed by atoms with van der Waals surface area (Å²) in [5.74, 6) is 1.62. The Hall–Kier alpha value is -0.890. The van der Waals surface area contributed by atoms with Gasteiger partial charge >= 0.3 is 0 Å². The molecule has 1 aromatic heterocycles. The van der Waals surface area contributed by atoms with Gasteiger partial charge in [-0.1, -0.05) is 19.0 Å². The highest BCUT2D eigenvalue weighted by molar-refractivity contribution is 5.85. The number of nitrogens with zero attached hydrogens (tertiary/aromatic N) is 4. The van der Waals surface area contributed by atoms with Gasteiger partial charge in [0.1, 0.15) is 0 Å². The van der Waals surface area contributed by atoms with E-state index in [4.69, 9.17) is 10.3 Å². The molecule has 2 N–H and O–H groups in total. The summed E-state index contributed by atoms with van der Waals surface area (Å²) in [4.78, 5) is 20.3. The SMILES string of the molecule is CC(C)c1nc(CN(C)C2CCN(C(=O)[C@@H](C)N)C2)no1.Cl.Cl. The average molecular weight is 368 g/mol. The standard InChI is InChI=1S/C14H25N5O2.2ClH/c1-9(2)13-16-12(17-21-13)8-18(4)11-5-6-19(7-11)14(20)10(3)15;;/h9-11H,5-8,15H2,1-4H3;2*1H/t10-,11?;;/m1../s1. The second-order valence-corrected chi connectivity index (χ2v) is 6.13. The lowest BCUT2D eigenvalue weighted by molar-refractivity contribution is -0.131. The summed E-state index contributed by atoms with van der Waals surface area (Å²) in [5, 5.41) is 4.00. The largest absolute Gasteiger partial charge is 0.340 e. The van der Waals surface area contributed by atoms with E-state index in [0.717, 1.165) is 13.0 Å². The zero-order valence-electron chi connectivity index (χ0n) is 14.1. The summed E-state index contributed by atoms with van der Waals surface area (Å²) < 4.78 is 5.21. The fourth-order valence-corrected chi connectivity index (χ4v) is 2.51. The zero-order chi connectivity index (χ0) is 15.6. The van der Waals surface area contributed by atoms with Crippen LogP contribution in [0.25, 0.3) is 0 Å². The van der Waals surface area contributed by atoms with Crippen LogP contribution in [0, 0.1) is 0 Å². The quantitative estimate of drug-likeness (QED) is 0.846. The highest BCUT2D eigenvalue weighted by Crippen LogP contribution is 2.17. The number of halogens is 2. The van der Waals surface area contributed by atoms with E-state index >= 15 is 0 Å². The van der Waals surface area contributed by atoms with E-state index in [1.165, 1.54) is 0 Å². The van der Waals surface area contributed by atoms with Crippen LogP contribution in [0.5, 0.6) is 0 Å². The van der Waals surface area contributed by atoms with Crippen LogP contribution in [-0.2, 0) is 11.3 Å². The number of hydrogen-bond acceptors (Lipinski definition) is 6. The summed E-state index contributed by atoms with van der Waals surface area (Å²) in [7, 11) is 2.02. The molecule has 1 aromatic rings. The summed E-state index contributed by atoms with van der Waals surface area (Å²) in [6.45, 7) is 7.88. The van der Waals surface area contributed by atoms with Crippen LogP contribution in [-0.4, -0.2) is 58.1 Å². The van der Waals surface area contributed by atoms with E-state index in [1.54, 1.807) is 6.92 Å². The van der Waals surface area contributed by atoms with Crippen molar-refractivity contribution >= 4 is 30.7 Å². The molecular formula is C14H27Cl2N5O2. The van der Waals surface area contributed by atoms with E-state index in [1.807, 2.05) is 25.8 Å². The molecule has 0 bridgehead atoms. The summed E-state index contributed by atoms with van der Waals surface area (Å²) >= 11 is 0. The molecule has 0 saturated carbocycles. The lowest BCUT2D eigenvalue weighted by atomic mass is 10.2. The maximum absolute atomic E-state index is 11.9. The second kappa shape index (κ2) is 9.42. The Morgan fingerprint density at radius 1 is 1.43 bits per heavy atom. The number of rotatable bonds is 5. The van der Waals surface area contributed by atoms with Crippen molar-refractivity contribution in [2.24, 2.45) is 5.73 Å². The van der Waals surface area contributed by atoms with Crippen LogP contribution in [0.15, 0.2) is 4.52 Å². The van der Waals surface area contributed by atoms with Gasteiger partial charge in [-0.25, -0.2) is 0 Å². The number of nitrogens with two attached hydrogens (primary N) is 1. The highest BCUT2D eigenvalue weighted by atomic mass is 35.5. The van der Waals surface area contributed by atoms with Crippen molar-refractivity contribution in [1.82, 2.24) is 19.9 Å². The van der Waals surface area contributed by atoms with Crippen molar-refractivity contribution in [2.75, 3.05) is 20.1 Å². The maximum atomic E-state index is 11.9. The molecule has 0 aliphatic carbocycles. The van der Waals surface area contributed by atoms with Gasteiger partial charge in [-0.15, -0.1) is 24.8 Å². The Labute approximate surface area is 149 Å². The lowest BCUT2D eigenvalue weighted by Crippen LogP contribution is -2.42. The minimum absolute atomic E-state index is 0. The molecule has 7 nitrogen and oxygen atoms in total. The fraction of sp³-hybridized carbons (Fsp3) is 0.786. The van der Waals surface area contributed by atoms with Crippen molar-refractivity contribution in [3.05, 3.63) is 11.7 Å². The number of amides is 1. The predicted molar refractivity (Wildman–Crippen MR) is 93.0 cm³/mol. The number of likely N-dealkylation sites (tertiary alicyclic amines) is 1. The van der Waals surface area contributed by atoms with Gasteiger partial charge in [0.25, 0.3) is 0 Å². The van der Waals surface area contributed by atoms with Gasteiger partial charge in [0.15, 0.2) is 5.82 Å². The smallest absolute Gasteiger partial charge is 0.239 e. The Bertz CT molecular complexity index is 495. The number of hydrogen-bond donors (Lipinski definition) is 1. The first kappa shape index (κ1) is 22.1. The molecule has 1 unspecified atom stereocenters. The van der Waals surface area contributed by atoms with Gasteiger partial charge in [-0.2, -0.15) is 4.98 Å². The van der Waals surface area contributed by atoms with Gasteiger partial charge in [0.2, 0.25) is 11.8 Å². The number of carbonyl (C=O) groups is 1. The Morgan fingerprint density at radius 3 is 2.61 bits per heavy atom. The molecule has 2 rings (SSSR count). The van der Waals surface area contributed by atoms with Crippen LogP contribution < -0.4 is 5.73 Å². The second-order valence-electron chi connectivity index (χ2n) is 6.13. The topological polar surface area (TPSA) is 88.5 Å². The highest BCUT2D eigenvalue weighted by Gasteiger charge is 2.30. The fourth-order valence-electron chi connectivity index (χ4n) is 2.51. The van der Waals surface area contributed by atoms with E-state index < -0.39 is 6.04 Å². The first-order valence-corrected chi connectivity index (χ1v) is 7.45. The molecule has 23 heavy (non-hydrogen) atoms. The van der Waals surface area contributed by atoms with Gasteiger partial charge in [-0.05, 0) is 20.4 Å². The Morgan fingerprint density at radius 2 is 2.09 bits per heavy atom. The minimum atomic E-state index is -0.431. The van der Waals surface area contributed by atoms with Crippen LogP contribution >= 0.6 is 24.8 Å². The molecule has 1 aliphatic rings. The Balaban J connectivity index is 0.00000242. The van der Waals surface area contributed by atoms with Crippen LogP contribution in [0.3, 0.4) is 0 Å². The lowest BCUT2D eigenvalue weighted by Gasteiger charge is -2.24. The van der Waals surface area contributed by atoms with E-state index in [0.29, 0.717) is 30.8 Å². The minimum Gasteiger partial charge on any atom is -0.340 e. The Kier molecular flexibility index (Phi) is 9.05. The summed E-state index contributed by atoms with van der Waals surface area (Å²) in [6.07, 6.45) is 0.948. The van der Waals surface area contributed by atoms with Gasteiger partial charge in [-0.3, -0.25) is 9.69 Å². The third-order valence-corrected chi connectivity index (χ3v) is 3.86. The normalized spacial score (nSPS) is 18.7. The molecule has 9 heteroatoms. The van der Waals surface area contributed by atoms with Crippen LogP contribution in [0.1, 0.15) is 44.8 Å². The molecule has 0 spiro atoms. The molecular weight excluding hydrogens is 341 g/mol. The third-order valence-electron chi connectivity index (χ3n) is 3.86. The molecule has 1 amide bonds. The molecule has 134 valence electrons. The number of aromatic nitrogens is 2. The molecule has 1 saturated heterocycles. The van der Waals surface area contributed by atoms with Gasteiger partial charge in [0.05, 0.1) is 12.6 Å². The van der Waals surface area contributed by atoms with E-state index in [-0.39, 0.29) is 36.6 Å². The number of likely N-dealkylation sites (N-methyl/N-ethyl adjacent to an activating group) is 1. The maximum Gasteiger partial charge on any atom is 0.239 e. The molecule has 2 heterocycles. The predicted octanol–water partition coefficient (Wildman–Crippen LogP) is 1.42. The third kappa shape index (κ3) is 5.60. The van der Waals surface area contributed by atoms with Crippen LogP contribution in [0.4, 0.5) is 0 Å². The number of carbonyl (C=O) groups excluding carboxylic acids is 1. The van der Waals surface area contributed by atoms with E-state index in [9.17, 15) is 4.79 Å². The molecule has 1 aliphatic heterocycles. The van der Waals surface area contributed by atoms with Crippen molar-refractivity contribution < 1.29 is 9.32 Å². The van der Waals surface area contributed by atoms with Crippen molar-refractivity contribution in [2.45, 2.75) is 51.7 Å². The van der Waals surface area contributed by atoms with Crippen LogP contribution in [0.2, 0.25) is 0 Å². The van der Waals surface area contributed by atoms with Gasteiger partial charge < -0.3 is 15.2 Å². The van der Waals surface area contributed by atoms with Crippen molar-refractivity contribution in [3.8, 4) is 0 Å². The monoisotopic (exact) mass is 367 g/mol. The van der Waals surface area contributed by atoms with Crippen molar-refractivity contribution in [1.29, 1.82) is 0 Å². The zero-order valence-corrected chi connectivity index (χ0v) is 15.7. The van der Waals surface area contributed by atoms with E-state index in [2.05, 4.69) is 15.0 Å². The summed E-state index contributed by atoms with van der Waals surface area (Å²) in [6, 6.07) is -0.117. The summed E-state index contributed by atoms with van der Waals surface area (Å²) in [5.41, 5.74) is 5.65. The first-order chi connectivity index (χ1) is 9.88. The molecule has 0 aromatic carbocycles. The average Bonchev–Trinajstić information content (AvgIpc) is 3.06. The first-order valence-electron chi connectivity index (χ1n) is 7.45. The van der Waals surface area contributed by atoms with Crippen molar-refractivity contribution in [3.63, 3.8) is 0 Å².